The Hall–Kier alpha value is -0.120. The Labute approximate surface area is 82.7 Å². The van der Waals surface area contributed by atoms with E-state index in [-0.39, 0.29) is 0 Å². The van der Waals surface area contributed by atoms with Crippen LogP contribution in [0.15, 0.2) is 0 Å². The summed E-state index contributed by atoms with van der Waals surface area (Å²) in [6.45, 7) is 12.9. The molecule has 0 spiro atoms. The molecule has 0 heterocycles. The van der Waals surface area contributed by atoms with Crippen LogP contribution in [0.4, 0.5) is 0 Å². The number of hydrogen-bond donors (Lipinski definition) is 3. The molecule has 0 aliphatic heterocycles. The van der Waals surface area contributed by atoms with Gasteiger partial charge in [0.25, 0.3) is 0 Å². The van der Waals surface area contributed by atoms with Crippen molar-refractivity contribution >= 4 is 0 Å². The SMILES string of the molecule is CCNC[C@H](C)NC[C@@H](C)NCC. The van der Waals surface area contributed by atoms with Crippen molar-refractivity contribution in [2.75, 3.05) is 26.2 Å². The average molecular weight is 187 g/mol. The smallest absolute Gasteiger partial charge is 0.0164 e. The summed E-state index contributed by atoms with van der Waals surface area (Å²) >= 11 is 0. The van der Waals surface area contributed by atoms with Crippen LogP contribution in [0, 0.1) is 0 Å². The molecule has 0 saturated carbocycles. The van der Waals surface area contributed by atoms with Gasteiger partial charge in [0.05, 0.1) is 0 Å². The molecule has 3 heteroatoms. The van der Waals surface area contributed by atoms with Crippen LogP contribution in [0.25, 0.3) is 0 Å². The summed E-state index contributed by atoms with van der Waals surface area (Å²) < 4.78 is 0. The van der Waals surface area contributed by atoms with E-state index < -0.39 is 0 Å². The van der Waals surface area contributed by atoms with Gasteiger partial charge in [-0.1, -0.05) is 13.8 Å². The van der Waals surface area contributed by atoms with Crippen molar-refractivity contribution < 1.29 is 0 Å². The predicted octanol–water partition coefficient (Wildman–Crippen LogP) is 0.572. The fraction of sp³-hybridized carbons (Fsp3) is 1.00. The van der Waals surface area contributed by atoms with E-state index in [2.05, 4.69) is 43.6 Å². The number of hydrogen-bond acceptors (Lipinski definition) is 3. The first kappa shape index (κ1) is 12.9. The summed E-state index contributed by atoms with van der Waals surface area (Å²) in [6, 6.07) is 1.12. The van der Waals surface area contributed by atoms with Gasteiger partial charge in [-0.15, -0.1) is 0 Å². The van der Waals surface area contributed by atoms with Gasteiger partial charge in [0, 0.05) is 25.2 Å². The van der Waals surface area contributed by atoms with Gasteiger partial charge in [0.1, 0.15) is 0 Å². The number of nitrogens with one attached hydrogen (secondary N) is 3. The topological polar surface area (TPSA) is 36.1 Å². The highest BCUT2D eigenvalue weighted by Gasteiger charge is 2.02. The zero-order valence-corrected chi connectivity index (χ0v) is 9.48. The van der Waals surface area contributed by atoms with Gasteiger partial charge in [-0.3, -0.25) is 0 Å². The molecule has 13 heavy (non-hydrogen) atoms. The standard InChI is InChI=1S/C10H25N3/c1-5-11-7-9(3)13-8-10(4)12-6-2/h9-13H,5-8H2,1-4H3/t9-,10+/m0/s1. The summed E-state index contributed by atoms with van der Waals surface area (Å²) in [5, 5.41) is 10.2. The molecule has 3 nitrogen and oxygen atoms in total. The molecule has 0 amide bonds. The van der Waals surface area contributed by atoms with E-state index in [4.69, 9.17) is 0 Å². The Morgan fingerprint density at radius 2 is 1.46 bits per heavy atom. The quantitative estimate of drug-likeness (QED) is 0.520. The zero-order valence-electron chi connectivity index (χ0n) is 9.48. The largest absolute Gasteiger partial charge is 0.315 e. The normalized spacial score (nSPS) is 15.7. The van der Waals surface area contributed by atoms with Crippen molar-refractivity contribution in [3.05, 3.63) is 0 Å². The minimum atomic E-state index is 0.557. The van der Waals surface area contributed by atoms with E-state index in [0.717, 1.165) is 26.2 Å². The highest BCUT2D eigenvalue weighted by Crippen LogP contribution is 1.82. The Morgan fingerprint density at radius 1 is 0.846 bits per heavy atom. The first-order valence-electron chi connectivity index (χ1n) is 5.38. The van der Waals surface area contributed by atoms with Crippen LogP contribution < -0.4 is 16.0 Å². The van der Waals surface area contributed by atoms with Crippen LogP contribution in [0.3, 0.4) is 0 Å². The fourth-order valence-corrected chi connectivity index (χ4v) is 1.23. The second kappa shape index (κ2) is 8.48. The molecular weight excluding hydrogens is 162 g/mol. The second-order valence-electron chi connectivity index (χ2n) is 3.58. The van der Waals surface area contributed by atoms with Crippen LogP contribution in [0.5, 0.6) is 0 Å². The van der Waals surface area contributed by atoms with Crippen LogP contribution in [0.1, 0.15) is 27.7 Å². The Balaban J connectivity index is 3.29. The van der Waals surface area contributed by atoms with E-state index in [9.17, 15) is 0 Å². The van der Waals surface area contributed by atoms with Crippen LogP contribution in [0.2, 0.25) is 0 Å². The third-order valence-corrected chi connectivity index (χ3v) is 2.03. The van der Waals surface area contributed by atoms with Gasteiger partial charge in [-0.05, 0) is 26.9 Å². The van der Waals surface area contributed by atoms with Crippen molar-refractivity contribution in [2.45, 2.75) is 39.8 Å². The molecule has 0 aliphatic carbocycles. The second-order valence-corrected chi connectivity index (χ2v) is 3.58. The predicted molar refractivity (Wildman–Crippen MR) is 59.1 cm³/mol. The summed E-state index contributed by atoms with van der Waals surface area (Å²) in [4.78, 5) is 0. The molecule has 0 aromatic rings. The third kappa shape index (κ3) is 8.22. The molecule has 0 aliphatic rings. The van der Waals surface area contributed by atoms with E-state index >= 15 is 0 Å². The van der Waals surface area contributed by atoms with E-state index in [1.807, 2.05) is 0 Å². The summed E-state index contributed by atoms with van der Waals surface area (Å²) in [6.07, 6.45) is 0. The highest BCUT2D eigenvalue weighted by molar-refractivity contribution is 4.68. The molecule has 0 radical (unpaired) electrons. The van der Waals surface area contributed by atoms with Crippen molar-refractivity contribution in [1.29, 1.82) is 0 Å². The van der Waals surface area contributed by atoms with Gasteiger partial charge < -0.3 is 16.0 Å². The Bertz CT molecular complexity index is 106. The van der Waals surface area contributed by atoms with Crippen LogP contribution in [-0.2, 0) is 0 Å². The molecular formula is C10H25N3. The molecule has 2 atom stereocenters. The Morgan fingerprint density at radius 3 is 2.00 bits per heavy atom. The van der Waals surface area contributed by atoms with Crippen molar-refractivity contribution in [3.8, 4) is 0 Å². The van der Waals surface area contributed by atoms with Crippen LogP contribution >= 0.6 is 0 Å². The van der Waals surface area contributed by atoms with Gasteiger partial charge >= 0.3 is 0 Å². The lowest BCUT2D eigenvalue weighted by Gasteiger charge is -2.18. The number of rotatable bonds is 8. The fourth-order valence-electron chi connectivity index (χ4n) is 1.23. The molecule has 0 fully saturated rings. The van der Waals surface area contributed by atoms with Crippen molar-refractivity contribution in [1.82, 2.24) is 16.0 Å². The molecule has 0 rings (SSSR count). The lowest BCUT2D eigenvalue weighted by molar-refractivity contribution is 0.453. The van der Waals surface area contributed by atoms with E-state index in [1.165, 1.54) is 0 Å². The lowest BCUT2D eigenvalue weighted by atomic mass is 10.3. The van der Waals surface area contributed by atoms with Gasteiger partial charge in [0.2, 0.25) is 0 Å². The minimum Gasteiger partial charge on any atom is -0.315 e. The highest BCUT2D eigenvalue weighted by atomic mass is 15.0. The average Bonchev–Trinajstić information content (AvgIpc) is 2.12. The number of likely N-dealkylation sites (N-methyl/N-ethyl adjacent to an activating group) is 2. The maximum absolute atomic E-state index is 3.48. The third-order valence-electron chi connectivity index (χ3n) is 2.03. The Kier molecular flexibility index (Phi) is 8.40. The minimum absolute atomic E-state index is 0.557. The summed E-state index contributed by atoms with van der Waals surface area (Å²) in [5.74, 6) is 0. The van der Waals surface area contributed by atoms with Crippen molar-refractivity contribution in [3.63, 3.8) is 0 Å². The molecule has 0 aromatic heterocycles. The van der Waals surface area contributed by atoms with Gasteiger partial charge in [-0.25, -0.2) is 0 Å². The van der Waals surface area contributed by atoms with E-state index in [1.54, 1.807) is 0 Å². The molecule has 0 unspecified atom stereocenters. The zero-order chi connectivity index (χ0) is 10.1. The summed E-state index contributed by atoms with van der Waals surface area (Å²) in [7, 11) is 0. The monoisotopic (exact) mass is 187 g/mol. The van der Waals surface area contributed by atoms with Crippen LogP contribution in [-0.4, -0.2) is 38.3 Å². The summed E-state index contributed by atoms with van der Waals surface area (Å²) in [5.41, 5.74) is 0. The molecule has 3 N–H and O–H groups in total. The molecule has 0 bridgehead atoms. The van der Waals surface area contributed by atoms with E-state index in [0.29, 0.717) is 12.1 Å². The first-order valence-corrected chi connectivity index (χ1v) is 5.38. The van der Waals surface area contributed by atoms with Gasteiger partial charge in [0.15, 0.2) is 0 Å². The first-order chi connectivity index (χ1) is 6.20. The maximum Gasteiger partial charge on any atom is 0.0164 e. The maximum atomic E-state index is 3.48. The van der Waals surface area contributed by atoms with Crippen molar-refractivity contribution in [2.24, 2.45) is 0 Å². The van der Waals surface area contributed by atoms with Gasteiger partial charge in [-0.2, -0.15) is 0 Å². The molecule has 0 saturated heterocycles. The molecule has 0 aromatic carbocycles. The molecule has 80 valence electrons. The lowest BCUT2D eigenvalue weighted by Crippen LogP contribution is -2.43.